The Bertz CT molecular complexity index is 1510. The summed E-state index contributed by atoms with van der Waals surface area (Å²) >= 11 is 0. The van der Waals surface area contributed by atoms with E-state index in [4.69, 9.17) is 15.5 Å². The van der Waals surface area contributed by atoms with Crippen LogP contribution in [0.3, 0.4) is 0 Å². The smallest absolute Gasteiger partial charge is 0.250 e. The van der Waals surface area contributed by atoms with Crippen LogP contribution in [0.2, 0.25) is 0 Å². The fourth-order valence-corrected chi connectivity index (χ4v) is 4.52. The largest absolute Gasteiger partial charge is 0.479 e. The molecule has 0 spiro atoms. The van der Waals surface area contributed by atoms with E-state index >= 15 is 0 Å². The Balaban J connectivity index is 1.29. The van der Waals surface area contributed by atoms with Crippen molar-refractivity contribution in [3.8, 4) is 5.88 Å². The molecule has 202 valence electrons. The van der Waals surface area contributed by atoms with E-state index in [9.17, 15) is 8.78 Å². The molecule has 1 aliphatic rings. The van der Waals surface area contributed by atoms with Crippen molar-refractivity contribution >= 4 is 28.6 Å². The molecule has 1 saturated heterocycles. The summed E-state index contributed by atoms with van der Waals surface area (Å²) in [7, 11) is 1.35. The molecule has 0 saturated carbocycles. The van der Waals surface area contributed by atoms with Crippen LogP contribution in [0.25, 0.3) is 16.6 Å². The third-order valence-electron chi connectivity index (χ3n) is 6.70. The number of hydrogen-bond acceptors (Lipinski definition) is 8. The molecule has 0 bridgehead atoms. The number of ether oxygens (including phenoxy) is 1. The predicted octanol–water partition coefficient (Wildman–Crippen LogP) is 3.97. The molecule has 4 aromatic rings. The number of H-pyrrole nitrogens is 1. The Hall–Kier alpha value is -4.38. The maximum absolute atomic E-state index is 15.0. The number of nitrogens with two attached hydrogens (primary N) is 1. The van der Waals surface area contributed by atoms with Crippen molar-refractivity contribution < 1.29 is 13.5 Å². The molecule has 5 rings (SSSR count). The Labute approximate surface area is 224 Å². The molecule has 1 fully saturated rings. The minimum absolute atomic E-state index is 0.0764. The van der Waals surface area contributed by atoms with Crippen molar-refractivity contribution in [3.05, 3.63) is 83.1 Å². The Morgan fingerprint density at radius 2 is 2.03 bits per heavy atom. The maximum atomic E-state index is 15.0. The summed E-state index contributed by atoms with van der Waals surface area (Å²) in [5.41, 5.74) is 10.1. The fraction of sp³-hybridized carbons (Fsp3) is 0.286. The van der Waals surface area contributed by atoms with E-state index in [2.05, 4.69) is 30.6 Å². The van der Waals surface area contributed by atoms with Gasteiger partial charge in [0.25, 0.3) is 0 Å². The van der Waals surface area contributed by atoms with E-state index in [1.54, 1.807) is 18.3 Å². The summed E-state index contributed by atoms with van der Waals surface area (Å²) in [4.78, 5) is 20.3. The first-order chi connectivity index (χ1) is 19.0. The SMILES string of the molecule is COc1ncc(CNc2ccc(Cc3c[nH]c4ncc(C(C=NC5CCNCC5)=CN)cc34)c(F)n2)cc1F. The number of fused-ring (bicyclic) bond motifs is 1. The van der Waals surface area contributed by atoms with Crippen LogP contribution in [0, 0.1) is 11.8 Å². The van der Waals surface area contributed by atoms with Crippen LogP contribution in [0.4, 0.5) is 14.6 Å². The van der Waals surface area contributed by atoms with Gasteiger partial charge in [-0.3, -0.25) is 4.99 Å². The van der Waals surface area contributed by atoms with Crippen LogP contribution in [-0.2, 0) is 13.0 Å². The molecule has 1 aliphatic heterocycles. The van der Waals surface area contributed by atoms with Gasteiger partial charge in [-0.15, -0.1) is 0 Å². The van der Waals surface area contributed by atoms with Crippen molar-refractivity contribution in [1.29, 1.82) is 0 Å². The molecule has 0 radical (unpaired) electrons. The average molecular weight is 533 g/mol. The highest BCUT2D eigenvalue weighted by atomic mass is 19.1. The van der Waals surface area contributed by atoms with Gasteiger partial charge in [-0.05, 0) is 55.3 Å². The normalized spacial score (nSPS) is 14.8. The number of allylic oxidation sites excluding steroid dienone is 1. The van der Waals surface area contributed by atoms with Gasteiger partial charge >= 0.3 is 0 Å². The number of rotatable bonds is 9. The highest BCUT2D eigenvalue weighted by Gasteiger charge is 2.14. The number of aliphatic imine (C=N–C) groups is 1. The monoisotopic (exact) mass is 532 g/mol. The number of aromatic amines is 1. The Morgan fingerprint density at radius 1 is 1.18 bits per heavy atom. The van der Waals surface area contributed by atoms with Gasteiger partial charge in [0.1, 0.15) is 11.5 Å². The summed E-state index contributed by atoms with van der Waals surface area (Å²) in [6.45, 7) is 2.16. The number of halogens is 2. The van der Waals surface area contributed by atoms with Crippen molar-refractivity contribution in [2.24, 2.45) is 10.7 Å². The molecule has 0 aliphatic carbocycles. The molecule has 0 aromatic carbocycles. The lowest BCUT2D eigenvalue weighted by Gasteiger charge is -2.18. The molecule has 5 heterocycles. The number of aromatic nitrogens is 4. The van der Waals surface area contributed by atoms with Gasteiger partial charge in [-0.1, -0.05) is 6.07 Å². The summed E-state index contributed by atoms with van der Waals surface area (Å²) < 4.78 is 33.7. The molecule has 0 atom stereocenters. The number of hydrogen-bond donors (Lipinski definition) is 4. The molecular formula is C28H30F2N8O. The zero-order chi connectivity index (χ0) is 27.2. The first kappa shape index (κ1) is 26.2. The first-order valence-corrected chi connectivity index (χ1v) is 12.7. The van der Waals surface area contributed by atoms with Crippen molar-refractivity contribution in [2.45, 2.75) is 31.8 Å². The predicted molar refractivity (Wildman–Crippen MR) is 148 cm³/mol. The van der Waals surface area contributed by atoms with Crippen LogP contribution >= 0.6 is 0 Å². The minimum atomic E-state index is -0.589. The van der Waals surface area contributed by atoms with Crippen LogP contribution in [0.1, 0.15) is 35.1 Å². The van der Waals surface area contributed by atoms with Gasteiger partial charge in [0.05, 0.1) is 13.2 Å². The van der Waals surface area contributed by atoms with Gasteiger partial charge < -0.3 is 26.1 Å². The molecule has 11 heteroatoms. The number of methoxy groups -OCH3 is 1. The average Bonchev–Trinajstić information content (AvgIpc) is 3.36. The zero-order valence-corrected chi connectivity index (χ0v) is 21.5. The molecule has 4 aromatic heterocycles. The maximum Gasteiger partial charge on any atom is 0.250 e. The topological polar surface area (TPSA) is 126 Å². The second kappa shape index (κ2) is 12.0. The van der Waals surface area contributed by atoms with E-state index in [0.717, 1.165) is 48.0 Å². The Kier molecular flexibility index (Phi) is 8.07. The molecular weight excluding hydrogens is 502 g/mol. The van der Waals surface area contributed by atoms with Crippen molar-refractivity contribution in [1.82, 2.24) is 25.3 Å². The van der Waals surface area contributed by atoms with Gasteiger partial charge in [0.15, 0.2) is 5.82 Å². The number of anilines is 1. The molecule has 39 heavy (non-hydrogen) atoms. The highest BCUT2D eigenvalue weighted by Crippen LogP contribution is 2.25. The highest BCUT2D eigenvalue weighted by molar-refractivity contribution is 6.10. The summed E-state index contributed by atoms with van der Waals surface area (Å²) in [6.07, 6.45) is 10.7. The summed E-state index contributed by atoms with van der Waals surface area (Å²) in [5.74, 6) is -0.895. The lowest BCUT2D eigenvalue weighted by Crippen LogP contribution is -2.29. The van der Waals surface area contributed by atoms with Gasteiger partial charge in [-0.25, -0.2) is 19.3 Å². The van der Waals surface area contributed by atoms with E-state index in [-0.39, 0.29) is 18.5 Å². The standard InChI is InChI=1S/C28H30F2N8O/c1-39-28-24(29)8-17(13-37-28)12-34-25-3-2-18(26(30)38-25)9-20-15-36-27-23(20)10-19(14-35-27)21(11-31)16-33-22-4-6-32-7-5-22/h2-3,8,10-11,13-16,22,32H,4-7,9,12,31H2,1H3,(H,34,38)(H,35,36). The molecule has 0 amide bonds. The quantitative estimate of drug-likeness (QED) is 0.190. The zero-order valence-electron chi connectivity index (χ0n) is 21.5. The first-order valence-electron chi connectivity index (χ1n) is 12.7. The second-order valence-corrected chi connectivity index (χ2v) is 9.33. The van der Waals surface area contributed by atoms with E-state index < -0.39 is 11.8 Å². The third kappa shape index (κ3) is 6.20. The minimum Gasteiger partial charge on any atom is -0.479 e. The van der Waals surface area contributed by atoms with Crippen LogP contribution in [0.15, 0.2) is 54.0 Å². The van der Waals surface area contributed by atoms with E-state index in [1.165, 1.54) is 25.6 Å². The molecule has 0 unspecified atom stereocenters. The fourth-order valence-electron chi connectivity index (χ4n) is 4.52. The van der Waals surface area contributed by atoms with E-state index in [1.807, 2.05) is 18.5 Å². The lowest BCUT2D eigenvalue weighted by molar-refractivity contribution is 0.368. The number of nitrogens with one attached hydrogen (secondary N) is 3. The summed E-state index contributed by atoms with van der Waals surface area (Å²) in [5, 5.41) is 7.21. The van der Waals surface area contributed by atoms with Crippen LogP contribution in [-0.4, -0.2) is 52.4 Å². The molecule has 9 nitrogen and oxygen atoms in total. The number of pyridine rings is 3. The number of nitrogens with zero attached hydrogens (tertiary/aromatic N) is 4. The van der Waals surface area contributed by atoms with E-state index in [0.29, 0.717) is 29.0 Å². The van der Waals surface area contributed by atoms with Crippen molar-refractivity contribution in [2.75, 3.05) is 25.5 Å². The van der Waals surface area contributed by atoms with Gasteiger partial charge in [0.2, 0.25) is 11.8 Å². The third-order valence-corrected chi connectivity index (χ3v) is 6.70. The second-order valence-electron chi connectivity index (χ2n) is 9.33. The van der Waals surface area contributed by atoms with Gasteiger partial charge in [0, 0.05) is 66.1 Å². The lowest BCUT2D eigenvalue weighted by atomic mass is 10.0. The van der Waals surface area contributed by atoms with Crippen molar-refractivity contribution in [3.63, 3.8) is 0 Å². The number of piperidine rings is 1. The Morgan fingerprint density at radius 3 is 2.77 bits per heavy atom. The van der Waals surface area contributed by atoms with Crippen LogP contribution in [0.5, 0.6) is 5.88 Å². The molecule has 5 N–H and O–H groups in total. The van der Waals surface area contributed by atoms with Crippen LogP contribution < -0.4 is 21.1 Å². The summed E-state index contributed by atoms with van der Waals surface area (Å²) in [6, 6.07) is 6.96. The van der Waals surface area contributed by atoms with Gasteiger partial charge in [-0.2, -0.15) is 4.39 Å².